The maximum atomic E-state index is 12.8. The van der Waals surface area contributed by atoms with Crippen LogP contribution in [-0.4, -0.2) is 46.3 Å². The smallest absolute Gasteiger partial charge is 0.243 e. The van der Waals surface area contributed by atoms with Crippen molar-refractivity contribution in [1.82, 2.24) is 24.2 Å². The third-order valence-electron chi connectivity index (χ3n) is 5.10. The number of fused-ring (bicyclic) bond motifs is 1. The Morgan fingerprint density at radius 2 is 1.83 bits per heavy atom. The summed E-state index contributed by atoms with van der Waals surface area (Å²) in [5.41, 5.74) is 2.43. The van der Waals surface area contributed by atoms with E-state index in [1.807, 2.05) is 37.6 Å². The number of pyridine rings is 1. The van der Waals surface area contributed by atoms with Gasteiger partial charge in [0.25, 0.3) is 0 Å². The highest BCUT2D eigenvalue weighted by Gasteiger charge is 2.22. The molecule has 0 saturated heterocycles. The van der Waals surface area contributed by atoms with Crippen molar-refractivity contribution < 1.29 is 13.2 Å². The fourth-order valence-corrected chi connectivity index (χ4v) is 4.82. The van der Waals surface area contributed by atoms with Gasteiger partial charge in [0.15, 0.2) is 0 Å². The lowest BCUT2D eigenvalue weighted by atomic mass is 10.2. The van der Waals surface area contributed by atoms with Crippen LogP contribution >= 0.6 is 0 Å². The van der Waals surface area contributed by atoms with Gasteiger partial charge in [-0.2, -0.15) is 4.31 Å². The second kappa shape index (κ2) is 9.36. The van der Waals surface area contributed by atoms with Gasteiger partial charge in [-0.15, -0.1) is 0 Å². The summed E-state index contributed by atoms with van der Waals surface area (Å²) in [6.07, 6.45) is 4.14. The van der Waals surface area contributed by atoms with Crippen LogP contribution in [0, 0.1) is 0 Å². The summed E-state index contributed by atoms with van der Waals surface area (Å²) in [6, 6.07) is 8.70. The van der Waals surface area contributed by atoms with E-state index in [4.69, 9.17) is 0 Å². The van der Waals surface area contributed by atoms with Crippen LogP contribution in [0.25, 0.3) is 11.0 Å². The molecule has 160 valence electrons. The SMILES string of the molecule is CCN(CC)S(=O)(=O)c1ccc2c(c1)nc(CCC(=O)NCc1ccncc1)n2C. The number of sulfonamides is 1. The van der Waals surface area contributed by atoms with Crippen molar-refractivity contribution >= 4 is 27.0 Å². The van der Waals surface area contributed by atoms with Gasteiger partial charge < -0.3 is 9.88 Å². The van der Waals surface area contributed by atoms with Crippen molar-refractivity contribution in [2.75, 3.05) is 13.1 Å². The van der Waals surface area contributed by atoms with Gasteiger partial charge in [0.2, 0.25) is 15.9 Å². The molecule has 3 aromatic rings. The number of amides is 1. The average molecular weight is 430 g/mol. The van der Waals surface area contributed by atoms with Gasteiger partial charge >= 0.3 is 0 Å². The number of hydrogen-bond donors (Lipinski definition) is 1. The zero-order valence-electron chi connectivity index (χ0n) is 17.5. The molecule has 0 atom stereocenters. The minimum atomic E-state index is -3.54. The Morgan fingerprint density at radius 1 is 1.13 bits per heavy atom. The van der Waals surface area contributed by atoms with E-state index in [0.29, 0.717) is 38.0 Å². The van der Waals surface area contributed by atoms with Crippen molar-refractivity contribution in [3.63, 3.8) is 0 Å². The zero-order valence-corrected chi connectivity index (χ0v) is 18.3. The number of rotatable bonds is 9. The fourth-order valence-electron chi connectivity index (χ4n) is 3.34. The lowest BCUT2D eigenvalue weighted by Gasteiger charge is -2.18. The highest BCUT2D eigenvalue weighted by molar-refractivity contribution is 7.89. The molecule has 0 radical (unpaired) electrons. The number of imidazole rings is 1. The summed E-state index contributed by atoms with van der Waals surface area (Å²) in [6.45, 7) is 4.92. The molecule has 30 heavy (non-hydrogen) atoms. The van der Waals surface area contributed by atoms with Crippen molar-refractivity contribution in [3.8, 4) is 0 Å². The lowest BCUT2D eigenvalue weighted by Crippen LogP contribution is -2.30. The molecule has 1 amide bonds. The molecule has 0 aliphatic carbocycles. The molecule has 0 spiro atoms. The number of carbonyl (C=O) groups is 1. The van der Waals surface area contributed by atoms with E-state index in [1.54, 1.807) is 30.6 Å². The van der Waals surface area contributed by atoms with E-state index in [9.17, 15) is 13.2 Å². The summed E-state index contributed by atoms with van der Waals surface area (Å²) >= 11 is 0. The van der Waals surface area contributed by atoms with Crippen LogP contribution < -0.4 is 5.32 Å². The molecular formula is C21H27N5O3S. The van der Waals surface area contributed by atoms with Crippen LogP contribution in [0.4, 0.5) is 0 Å². The summed E-state index contributed by atoms with van der Waals surface area (Å²) in [5, 5.41) is 2.89. The Balaban J connectivity index is 1.71. The number of carbonyl (C=O) groups excluding carboxylic acids is 1. The van der Waals surface area contributed by atoms with Crippen LogP contribution in [0.3, 0.4) is 0 Å². The van der Waals surface area contributed by atoms with Gasteiger partial charge in [-0.3, -0.25) is 9.78 Å². The minimum absolute atomic E-state index is 0.0660. The quantitative estimate of drug-likeness (QED) is 0.563. The Morgan fingerprint density at radius 3 is 2.50 bits per heavy atom. The maximum absolute atomic E-state index is 12.8. The number of hydrogen-bond acceptors (Lipinski definition) is 5. The van der Waals surface area contributed by atoms with E-state index < -0.39 is 10.0 Å². The van der Waals surface area contributed by atoms with Gasteiger partial charge in [-0.05, 0) is 35.9 Å². The number of nitrogens with one attached hydrogen (secondary N) is 1. The second-order valence-electron chi connectivity index (χ2n) is 6.96. The van der Waals surface area contributed by atoms with Crippen molar-refractivity contribution in [2.45, 2.75) is 38.1 Å². The van der Waals surface area contributed by atoms with Crippen LogP contribution in [0.1, 0.15) is 31.7 Å². The standard InChI is InChI=1S/C21H27N5O3S/c1-4-26(5-2)30(28,29)17-6-7-19-18(14-17)24-20(25(19)3)8-9-21(27)23-15-16-10-12-22-13-11-16/h6-7,10-14H,4-5,8-9,15H2,1-3H3,(H,23,27). The van der Waals surface area contributed by atoms with E-state index >= 15 is 0 Å². The lowest BCUT2D eigenvalue weighted by molar-refractivity contribution is -0.121. The second-order valence-corrected chi connectivity index (χ2v) is 8.90. The van der Waals surface area contributed by atoms with Crippen LogP contribution in [0.2, 0.25) is 0 Å². The van der Waals surface area contributed by atoms with Gasteiger partial charge in [-0.1, -0.05) is 13.8 Å². The first-order chi connectivity index (χ1) is 14.4. The molecule has 0 saturated carbocycles. The Kier molecular flexibility index (Phi) is 6.84. The fraction of sp³-hybridized carbons (Fsp3) is 0.381. The summed E-state index contributed by atoms with van der Waals surface area (Å²) in [7, 11) is -1.67. The monoisotopic (exact) mass is 429 g/mol. The number of nitrogens with zero attached hydrogens (tertiary/aromatic N) is 4. The molecule has 0 aliphatic heterocycles. The van der Waals surface area contributed by atoms with E-state index in [-0.39, 0.29) is 10.8 Å². The molecule has 0 fully saturated rings. The molecule has 1 N–H and O–H groups in total. The van der Waals surface area contributed by atoms with Gasteiger partial charge in [0, 0.05) is 51.9 Å². The molecule has 8 nitrogen and oxygen atoms in total. The van der Waals surface area contributed by atoms with Crippen LogP contribution in [0.15, 0.2) is 47.6 Å². The molecule has 2 aromatic heterocycles. The number of aromatic nitrogens is 3. The zero-order chi connectivity index (χ0) is 21.7. The van der Waals surface area contributed by atoms with Gasteiger partial charge in [-0.25, -0.2) is 13.4 Å². The largest absolute Gasteiger partial charge is 0.352 e. The summed E-state index contributed by atoms with van der Waals surface area (Å²) in [5.74, 6) is 0.671. The molecular weight excluding hydrogens is 402 g/mol. The molecule has 0 bridgehead atoms. The van der Waals surface area contributed by atoms with Crippen molar-refractivity contribution in [2.24, 2.45) is 7.05 Å². The van der Waals surface area contributed by atoms with E-state index in [2.05, 4.69) is 15.3 Å². The molecule has 0 aliphatic rings. The van der Waals surface area contributed by atoms with E-state index in [0.717, 1.165) is 16.9 Å². The maximum Gasteiger partial charge on any atom is 0.243 e. The highest BCUT2D eigenvalue weighted by Crippen LogP contribution is 2.22. The van der Waals surface area contributed by atoms with Crippen molar-refractivity contribution in [1.29, 1.82) is 0 Å². The normalized spacial score (nSPS) is 11.9. The Hall–Kier alpha value is -2.78. The number of benzene rings is 1. The Bertz CT molecular complexity index is 1120. The molecule has 2 heterocycles. The Labute approximate surface area is 177 Å². The predicted octanol–water partition coefficient (Wildman–Crippen LogP) is 2.25. The first-order valence-electron chi connectivity index (χ1n) is 9.98. The summed E-state index contributed by atoms with van der Waals surface area (Å²) < 4.78 is 28.9. The molecule has 9 heteroatoms. The number of aryl methyl sites for hydroxylation is 2. The first-order valence-corrected chi connectivity index (χ1v) is 11.4. The topological polar surface area (TPSA) is 97.2 Å². The minimum Gasteiger partial charge on any atom is -0.352 e. The molecule has 0 unspecified atom stereocenters. The van der Waals surface area contributed by atoms with Gasteiger partial charge in [0.05, 0.1) is 15.9 Å². The third kappa shape index (κ3) is 4.68. The van der Waals surface area contributed by atoms with Crippen LogP contribution in [0.5, 0.6) is 0 Å². The molecule has 3 rings (SSSR count). The average Bonchev–Trinajstić information content (AvgIpc) is 3.07. The van der Waals surface area contributed by atoms with Crippen molar-refractivity contribution in [3.05, 3.63) is 54.1 Å². The van der Waals surface area contributed by atoms with Gasteiger partial charge in [0.1, 0.15) is 5.82 Å². The first kappa shape index (κ1) is 21.9. The third-order valence-corrected chi connectivity index (χ3v) is 7.15. The summed E-state index contributed by atoms with van der Waals surface area (Å²) in [4.78, 5) is 21.0. The highest BCUT2D eigenvalue weighted by atomic mass is 32.2. The van der Waals surface area contributed by atoms with E-state index in [1.165, 1.54) is 4.31 Å². The van der Waals surface area contributed by atoms with Crippen LogP contribution in [-0.2, 0) is 34.8 Å². The molecule has 1 aromatic carbocycles. The predicted molar refractivity (Wildman–Crippen MR) is 115 cm³/mol.